The molecule has 0 spiro atoms. The van der Waals surface area contributed by atoms with Crippen LogP contribution in [-0.2, 0) is 11.2 Å². The van der Waals surface area contributed by atoms with E-state index in [1.54, 1.807) is 26.8 Å². The van der Waals surface area contributed by atoms with Crippen LogP contribution in [0.5, 0.6) is 0 Å². The lowest BCUT2D eigenvalue weighted by molar-refractivity contribution is 0.0595. The number of pyridine rings is 1. The fourth-order valence-electron chi connectivity index (χ4n) is 2.26. The maximum absolute atomic E-state index is 10.5. The molecule has 1 atom stereocenters. The minimum atomic E-state index is -1.30. The highest BCUT2D eigenvalue weighted by atomic mass is 35.5. The summed E-state index contributed by atoms with van der Waals surface area (Å²) in [5.41, 5.74) is 6.55. The topological polar surface area (TPSA) is 79.4 Å². The van der Waals surface area contributed by atoms with E-state index in [9.17, 15) is 10.2 Å². The van der Waals surface area contributed by atoms with Gasteiger partial charge in [0.25, 0.3) is 0 Å². The van der Waals surface area contributed by atoms with Crippen molar-refractivity contribution in [1.82, 2.24) is 4.98 Å². The van der Waals surface area contributed by atoms with Crippen molar-refractivity contribution in [3.63, 3.8) is 0 Å². The summed E-state index contributed by atoms with van der Waals surface area (Å²) in [6.07, 6.45) is 0. The summed E-state index contributed by atoms with van der Waals surface area (Å²) < 4.78 is 0. The molecule has 0 saturated heterocycles. The van der Waals surface area contributed by atoms with Crippen molar-refractivity contribution in [2.75, 3.05) is 6.54 Å². The van der Waals surface area contributed by atoms with E-state index in [1.165, 1.54) is 0 Å². The van der Waals surface area contributed by atoms with Crippen molar-refractivity contribution in [3.05, 3.63) is 52.2 Å². The molecule has 0 radical (unpaired) electrons. The number of aryl methyl sites for hydroxylation is 1. The molecule has 0 amide bonds. The molecular weight excluding hydrogens is 312 g/mol. The van der Waals surface area contributed by atoms with Gasteiger partial charge in [0.05, 0.1) is 22.0 Å². The average Bonchev–Trinajstić information content (AvgIpc) is 2.47. The highest BCUT2D eigenvalue weighted by Gasteiger charge is 2.30. The summed E-state index contributed by atoms with van der Waals surface area (Å²) in [7, 11) is 0. The Hall–Kier alpha value is -1.46. The van der Waals surface area contributed by atoms with Crippen molar-refractivity contribution in [2.45, 2.75) is 38.9 Å². The first-order valence-electron chi connectivity index (χ1n) is 7.49. The highest BCUT2D eigenvalue weighted by Crippen LogP contribution is 2.37. The SMILES string of the molecule is Cc1ccc(-c2nc([C@@](C)(O)CN)cc(C(C)(C)O)c2Cl)cc1. The second-order valence-electron chi connectivity index (χ2n) is 6.62. The molecule has 0 aliphatic heterocycles. The van der Waals surface area contributed by atoms with Gasteiger partial charge in [-0.15, -0.1) is 0 Å². The van der Waals surface area contributed by atoms with Crippen LogP contribution in [0.15, 0.2) is 30.3 Å². The third-order valence-corrected chi connectivity index (χ3v) is 4.27. The number of halogens is 1. The maximum Gasteiger partial charge on any atom is 0.116 e. The first-order chi connectivity index (χ1) is 10.6. The molecule has 4 N–H and O–H groups in total. The summed E-state index contributed by atoms with van der Waals surface area (Å²) in [5.74, 6) is 0. The number of rotatable bonds is 4. The lowest BCUT2D eigenvalue weighted by atomic mass is 9.92. The number of aliphatic hydroxyl groups is 2. The Balaban J connectivity index is 2.75. The summed E-state index contributed by atoms with van der Waals surface area (Å²) in [6, 6.07) is 9.37. The number of nitrogens with zero attached hydrogens (tertiary/aromatic N) is 1. The molecule has 1 aromatic heterocycles. The van der Waals surface area contributed by atoms with Crippen LogP contribution in [0.1, 0.15) is 37.6 Å². The van der Waals surface area contributed by atoms with Crippen molar-refractivity contribution in [2.24, 2.45) is 5.73 Å². The van der Waals surface area contributed by atoms with E-state index in [1.807, 2.05) is 31.2 Å². The number of aromatic nitrogens is 1. The zero-order valence-electron chi connectivity index (χ0n) is 13.9. The zero-order chi connectivity index (χ0) is 17.4. The molecule has 2 aromatic rings. The molecule has 0 fully saturated rings. The Morgan fingerprint density at radius 2 is 1.70 bits per heavy atom. The highest BCUT2D eigenvalue weighted by molar-refractivity contribution is 6.34. The van der Waals surface area contributed by atoms with E-state index in [4.69, 9.17) is 17.3 Å². The third kappa shape index (κ3) is 3.72. The first-order valence-corrected chi connectivity index (χ1v) is 7.87. The largest absolute Gasteiger partial charge is 0.386 e. The molecule has 5 heteroatoms. The molecule has 23 heavy (non-hydrogen) atoms. The van der Waals surface area contributed by atoms with Gasteiger partial charge in [0, 0.05) is 17.7 Å². The smallest absolute Gasteiger partial charge is 0.116 e. The van der Waals surface area contributed by atoms with Crippen molar-refractivity contribution in [3.8, 4) is 11.3 Å². The van der Waals surface area contributed by atoms with Crippen LogP contribution in [0.2, 0.25) is 5.02 Å². The van der Waals surface area contributed by atoms with Gasteiger partial charge in [-0.2, -0.15) is 0 Å². The van der Waals surface area contributed by atoms with Crippen LogP contribution in [0.25, 0.3) is 11.3 Å². The molecule has 0 aliphatic carbocycles. The lowest BCUT2D eigenvalue weighted by Gasteiger charge is -2.26. The van der Waals surface area contributed by atoms with Gasteiger partial charge >= 0.3 is 0 Å². The van der Waals surface area contributed by atoms with Gasteiger partial charge in [-0.1, -0.05) is 41.4 Å². The summed E-state index contributed by atoms with van der Waals surface area (Å²) in [4.78, 5) is 4.52. The molecule has 2 rings (SSSR count). The molecule has 0 saturated carbocycles. The van der Waals surface area contributed by atoms with E-state index in [0.29, 0.717) is 22.0 Å². The molecule has 0 bridgehead atoms. The number of hydrogen-bond acceptors (Lipinski definition) is 4. The minimum absolute atomic E-state index is 0.0142. The Bertz CT molecular complexity index is 704. The van der Waals surface area contributed by atoms with Crippen LogP contribution >= 0.6 is 11.6 Å². The Morgan fingerprint density at radius 1 is 1.13 bits per heavy atom. The fourth-order valence-corrected chi connectivity index (χ4v) is 2.69. The molecular formula is C18H23ClN2O2. The second kappa shape index (κ2) is 6.21. The number of nitrogens with two attached hydrogens (primary N) is 1. The van der Waals surface area contributed by atoms with E-state index < -0.39 is 11.2 Å². The van der Waals surface area contributed by atoms with Gasteiger partial charge in [0.15, 0.2) is 0 Å². The third-order valence-electron chi connectivity index (χ3n) is 3.89. The van der Waals surface area contributed by atoms with Gasteiger partial charge in [0.2, 0.25) is 0 Å². The minimum Gasteiger partial charge on any atom is -0.386 e. The molecule has 124 valence electrons. The van der Waals surface area contributed by atoms with Crippen LogP contribution in [0.4, 0.5) is 0 Å². The zero-order valence-corrected chi connectivity index (χ0v) is 14.6. The maximum atomic E-state index is 10.5. The van der Waals surface area contributed by atoms with Gasteiger partial charge < -0.3 is 15.9 Å². The average molecular weight is 335 g/mol. The molecule has 0 aliphatic rings. The molecule has 1 aromatic carbocycles. The van der Waals surface area contributed by atoms with Crippen molar-refractivity contribution >= 4 is 11.6 Å². The number of benzene rings is 1. The fraction of sp³-hybridized carbons (Fsp3) is 0.389. The van der Waals surface area contributed by atoms with Gasteiger partial charge in [-0.3, -0.25) is 0 Å². The first kappa shape index (κ1) is 17.9. The lowest BCUT2D eigenvalue weighted by Crippen LogP contribution is -2.33. The monoisotopic (exact) mass is 334 g/mol. The molecule has 4 nitrogen and oxygen atoms in total. The van der Waals surface area contributed by atoms with Crippen LogP contribution in [0, 0.1) is 6.92 Å². The molecule has 0 unspecified atom stereocenters. The summed E-state index contributed by atoms with van der Waals surface area (Å²) >= 11 is 6.50. The summed E-state index contributed by atoms with van der Waals surface area (Å²) in [5, 5.41) is 21.3. The van der Waals surface area contributed by atoms with E-state index in [2.05, 4.69) is 4.98 Å². The predicted octanol–water partition coefficient (Wildman–Crippen LogP) is 3.10. The normalized spacial score (nSPS) is 14.6. The van der Waals surface area contributed by atoms with Crippen LogP contribution in [-0.4, -0.2) is 21.7 Å². The van der Waals surface area contributed by atoms with Crippen molar-refractivity contribution in [1.29, 1.82) is 0 Å². The number of hydrogen-bond donors (Lipinski definition) is 3. The Kier molecular flexibility index (Phi) is 4.83. The molecule has 1 heterocycles. The van der Waals surface area contributed by atoms with E-state index in [0.717, 1.165) is 11.1 Å². The predicted molar refractivity (Wildman–Crippen MR) is 93.3 cm³/mol. The quantitative estimate of drug-likeness (QED) is 0.802. The van der Waals surface area contributed by atoms with Gasteiger partial charge in [-0.05, 0) is 33.8 Å². The van der Waals surface area contributed by atoms with Gasteiger partial charge in [0.1, 0.15) is 5.60 Å². The Morgan fingerprint density at radius 3 is 2.17 bits per heavy atom. The van der Waals surface area contributed by atoms with E-state index >= 15 is 0 Å². The second-order valence-corrected chi connectivity index (χ2v) is 7.00. The Labute approximate surface area is 141 Å². The summed E-state index contributed by atoms with van der Waals surface area (Å²) in [6.45, 7) is 6.90. The van der Waals surface area contributed by atoms with Crippen LogP contribution < -0.4 is 5.73 Å². The van der Waals surface area contributed by atoms with Crippen LogP contribution in [0.3, 0.4) is 0 Å². The van der Waals surface area contributed by atoms with Gasteiger partial charge in [-0.25, -0.2) is 4.98 Å². The van der Waals surface area contributed by atoms with Crippen molar-refractivity contribution < 1.29 is 10.2 Å². The van der Waals surface area contributed by atoms with E-state index in [-0.39, 0.29) is 6.54 Å². The standard InChI is InChI=1S/C18H23ClN2O2/c1-11-5-7-12(8-6-11)16-15(19)13(17(2,3)22)9-14(21-16)18(4,23)10-20/h5-9,22-23H,10,20H2,1-4H3/t18-/m0/s1.